The number of amides is 1. The van der Waals surface area contributed by atoms with Gasteiger partial charge in [0.1, 0.15) is 12.9 Å². The number of nitrogens with zero attached hydrogens (tertiary/aromatic N) is 4. The van der Waals surface area contributed by atoms with E-state index in [0.29, 0.717) is 0 Å². The van der Waals surface area contributed by atoms with Gasteiger partial charge in [0, 0.05) is 0 Å². The van der Waals surface area contributed by atoms with Crippen LogP contribution in [0.4, 0.5) is 18.9 Å². The highest BCUT2D eigenvalue weighted by Gasteiger charge is 2.33. The van der Waals surface area contributed by atoms with Crippen LogP contribution >= 0.6 is 0 Å². The van der Waals surface area contributed by atoms with Crippen LogP contribution in [0.1, 0.15) is 5.56 Å². The first-order valence-corrected chi connectivity index (χ1v) is 5.13. The molecule has 0 saturated carbocycles. The molecule has 1 N–H and O–H groups in total. The molecule has 0 fully saturated rings. The fourth-order valence-electron chi connectivity index (χ4n) is 1.43. The van der Waals surface area contributed by atoms with Crippen LogP contribution in [0, 0.1) is 0 Å². The van der Waals surface area contributed by atoms with Crippen LogP contribution in [0.25, 0.3) is 0 Å². The Morgan fingerprint density at radius 3 is 2.68 bits per heavy atom. The summed E-state index contributed by atoms with van der Waals surface area (Å²) in [6.45, 7) is -0.265. The number of anilines is 1. The Labute approximate surface area is 105 Å². The molecule has 0 spiro atoms. The SMILES string of the molecule is O=C(Cn1cnnn1)Nc1ccccc1C(F)(F)F. The second kappa shape index (κ2) is 5.04. The average molecular weight is 271 g/mol. The van der Waals surface area contributed by atoms with Crippen molar-refractivity contribution in [1.82, 2.24) is 20.2 Å². The van der Waals surface area contributed by atoms with Crippen LogP contribution < -0.4 is 5.32 Å². The number of carbonyl (C=O) groups excluding carboxylic acids is 1. The predicted octanol–water partition coefficient (Wildman–Crippen LogP) is 1.33. The lowest BCUT2D eigenvalue weighted by atomic mass is 10.1. The minimum absolute atomic E-state index is 0.265. The van der Waals surface area contributed by atoms with Gasteiger partial charge in [0.25, 0.3) is 0 Å². The second-order valence-electron chi connectivity index (χ2n) is 3.60. The maximum atomic E-state index is 12.7. The van der Waals surface area contributed by atoms with Gasteiger partial charge in [-0.1, -0.05) is 12.1 Å². The highest BCUT2D eigenvalue weighted by molar-refractivity contribution is 5.91. The van der Waals surface area contributed by atoms with Gasteiger partial charge < -0.3 is 5.32 Å². The van der Waals surface area contributed by atoms with Crippen molar-refractivity contribution in [3.05, 3.63) is 36.2 Å². The molecule has 1 aromatic carbocycles. The maximum Gasteiger partial charge on any atom is 0.418 e. The van der Waals surface area contributed by atoms with Crippen LogP contribution in [0.3, 0.4) is 0 Å². The van der Waals surface area contributed by atoms with Crippen LogP contribution in [0.2, 0.25) is 0 Å². The third kappa shape index (κ3) is 3.27. The highest BCUT2D eigenvalue weighted by atomic mass is 19.4. The number of hydrogen-bond acceptors (Lipinski definition) is 4. The standard InChI is InChI=1S/C10H8F3N5O/c11-10(12,13)7-3-1-2-4-8(7)15-9(19)5-18-6-14-16-17-18/h1-4,6H,5H2,(H,15,19). The lowest BCUT2D eigenvalue weighted by molar-refractivity contribution is -0.137. The monoisotopic (exact) mass is 271 g/mol. The molecule has 0 saturated heterocycles. The number of benzene rings is 1. The first-order chi connectivity index (χ1) is 8.97. The number of aromatic nitrogens is 4. The van der Waals surface area contributed by atoms with Crippen LogP contribution in [0.15, 0.2) is 30.6 Å². The number of para-hydroxylation sites is 1. The number of tetrazole rings is 1. The maximum absolute atomic E-state index is 12.7. The van der Waals surface area contributed by atoms with Gasteiger partial charge in [0.15, 0.2) is 0 Å². The molecule has 0 radical (unpaired) electrons. The van der Waals surface area contributed by atoms with E-state index in [1.165, 1.54) is 24.5 Å². The summed E-state index contributed by atoms with van der Waals surface area (Å²) < 4.78 is 39.2. The molecule has 100 valence electrons. The normalized spacial score (nSPS) is 11.3. The second-order valence-corrected chi connectivity index (χ2v) is 3.60. The van der Waals surface area contributed by atoms with Crippen molar-refractivity contribution in [3.63, 3.8) is 0 Å². The molecule has 1 amide bonds. The first kappa shape index (κ1) is 13.0. The van der Waals surface area contributed by atoms with Crippen molar-refractivity contribution in [1.29, 1.82) is 0 Å². The average Bonchev–Trinajstić information content (AvgIpc) is 2.81. The van der Waals surface area contributed by atoms with Gasteiger partial charge in [-0.25, -0.2) is 4.68 Å². The van der Waals surface area contributed by atoms with E-state index in [0.717, 1.165) is 10.7 Å². The van der Waals surface area contributed by atoms with Gasteiger partial charge in [0.2, 0.25) is 5.91 Å². The van der Waals surface area contributed by atoms with Gasteiger partial charge in [-0.15, -0.1) is 5.10 Å². The molecule has 6 nitrogen and oxygen atoms in total. The molecular weight excluding hydrogens is 263 g/mol. The molecule has 19 heavy (non-hydrogen) atoms. The zero-order chi connectivity index (χ0) is 13.9. The Morgan fingerprint density at radius 1 is 1.32 bits per heavy atom. The van der Waals surface area contributed by atoms with E-state index in [-0.39, 0.29) is 12.2 Å². The van der Waals surface area contributed by atoms with E-state index in [1.54, 1.807) is 0 Å². The summed E-state index contributed by atoms with van der Waals surface area (Å²) in [7, 11) is 0. The fourth-order valence-corrected chi connectivity index (χ4v) is 1.43. The summed E-state index contributed by atoms with van der Waals surface area (Å²) in [5.74, 6) is -0.649. The summed E-state index contributed by atoms with van der Waals surface area (Å²) in [5.41, 5.74) is -1.20. The zero-order valence-electron chi connectivity index (χ0n) is 9.42. The Hall–Kier alpha value is -2.45. The van der Waals surface area contributed by atoms with Gasteiger partial charge in [-0.2, -0.15) is 13.2 Å². The Bertz CT molecular complexity index is 567. The summed E-state index contributed by atoms with van der Waals surface area (Å²) in [5, 5.41) is 12.2. The molecule has 0 unspecified atom stereocenters. The third-order valence-corrected chi connectivity index (χ3v) is 2.20. The minimum Gasteiger partial charge on any atom is -0.324 e. The number of nitrogens with one attached hydrogen (secondary N) is 1. The minimum atomic E-state index is -4.53. The largest absolute Gasteiger partial charge is 0.418 e. The Morgan fingerprint density at radius 2 is 2.05 bits per heavy atom. The molecule has 0 aliphatic heterocycles. The number of halogens is 3. The molecule has 0 aliphatic carbocycles. The molecule has 1 aromatic heterocycles. The smallest absolute Gasteiger partial charge is 0.324 e. The Kier molecular flexibility index (Phi) is 3.45. The quantitative estimate of drug-likeness (QED) is 0.914. The zero-order valence-corrected chi connectivity index (χ0v) is 9.42. The lowest BCUT2D eigenvalue weighted by Crippen LogP contribution is -2.21. The molecule has 9 heteroatoms. The van der Waals surface area contributed by atoms with E-state index >= 15 is 0 Å². The van der Waals surface area contributed by atoms with Crippen molar-refractivity contribution >= 4 is 11.6 Å². The van der Waals surface area contributed by atoms with Crippen molar-refractivity contribution in [2.24, 2.45) is 0 Å². The predicted molar refractivity (Wildman–Crippen MR) is 57.9 cm³/mol. The summed E-state index contributed by atoms with van der Waals surface area (Å²) in [4.78, 5) is 11.6. The number of carbonyl (C=O) groups is 1. The number of alkyl halides is 3. The number of hydrogen-bond donors (Lipinski definition) is 1. The summed E-state index contributed by atoms with van der Waals surface area (Å²) in [6.07, 6.45) is -3.34. The van der Waals surface area contributed by atoms with E-state index in [1.807, 2.05) is 0 Å². The molecule has 0 bridgehead atoms. The van der Waals surface area contributed by atoms with Crippen LogP contribution in [-0.4, -0.2) is 26.1 Å². The van der Waals surface area contributed by atoms with Gasteiger partial charge in [-0.3, -0.25) is 4.79 Å². The molecule has 2 rings (SSSR count). The number of rotatable bonds is 3. The molecule has 0 aliphatic rings. The molecule has 1 heterocycles. The van der Waals surface area contributed by atoms with E-state index in [9.17, 15) is 18.0 Å². The summed E-state index contributed by atoms with van der Waals surface area (Å²) in [6, 6.07) is 4.73. The molecule has 2 aromatic rings. The van der Waals surface area contributed by atoms with Crippen molar-refractivity contribution in [3.8, 4) is 0 Å². The van der Waals surface area contributed by atoms with E-state index < -0.39 is 17.6 Å². The third-order valence-electron chi connectivity index (χ3n) is 2.20. The summed E-state index contributed by atoms with van der Waals surface area (Å²) >= 11 is 0. The van der Waals surface area contributed by atoms with Gasteiger partial charge in [-0.05, 0) is 22.6 Å². The van der Waals surface area contributed by atoms with Crippen molar-refractivity contribution in [2.45, 2.75) is 12.7 Å². The lowest BCUT2D eigenvalue weighted by Gasteiger charge is -2.13. The van der Waals surface area contributed by atoms with Crippen LogP contribution in [-0.2, 0) is 17.5 Å². The Balaban J connectivity index is 2.13. The van der Waals surface area contributed by atoms with Crippen LogP contribution in [0.5, 0.6) is 0 Å². The first-order valence-electron chi connectivity index (χ1n) is 5.13. The van der Waals surface area contributed by atoms with E-state index in [4.69, 9.17) is 0 Å². The highest BCUT2D eigenvalue weighted by Crippen LogP contribution is 2.34. The van der Waals surface area contributed by atoms with E-state index in [2.05, 4.69) is 20.8 Å². The molecule has 0 atom stereocenters. The van der Waals surface area contributed by atoms with Crippen molar-refractivity contribution in [2.75, 3.05) is 5.32 Å². The van der Waals surface area contributed by atoms with Gasteiger partial charge >= 0.3 is 6.18 Å². The van der Waals surface area contributed by atoms with Crippen molar-refractivity contribution < 1.29 is 18.0 Å². The topological polar surface area (TPSA) is 72.7 Å². The molecular formula is C10H8F3N5O. The fraction of sp³-hybridized carbons (Fsp3) is 0.200. The van der Waals surface area contributed by atoms with Gasteiger partial charge in [0.05, 0.1) is 11.3 Å².